The fraction of sp³-hybridized carbons (Fsp3) is 0.375. The van der Waals surface area contributed by atoms with Crippen molar-refractivity contribution in [3.8, 4) is 0 Å². The van der Waals surface area contributed by atoms with Crippen molar-refractivity contribution in [3.63, 3.8) is 0 Å². The molecule has 0 bridgehead atoms. The number of carbonyl (C=O) groups excluding carboxylic acids is 1. The van der Waals surface area contributed by atoms with E-state index in [1.807, 2.05) is 45.2 Å². The second-order valence-corrected chi connectivity index (χ2v) is 5.28. The van der Waals surface area contributed by atoms with Gasteiger partial charge in [0.25, 0.3) is 0 Å². The van der Waals surface area contributed by atoms with Gasteiger partial charge in [-0.25, -0.2) is 4.79 Å². The fourth-order valence-electron chi connectivity index (χ4n) is 1.81. The number of carboxylic acid groups (broad SMARTS) is 1. The summed E-state index contributed by atoms with van der Waals surface area (Å²) in [6.45, 7) is 4.95. The predicted octanol–water partition coefficient (Wildman–Crippen LogP) is 1.99. The molecular weight excluding hydrogens is 268 g/mol. The first-order chi connectivity index (χ1) is 9.90. The molecule has 1 aromatic rings. The van der Waals surface area contributed by atoms with E-state index in [2.05, 4.69) is 5.32 Å². The van der Waals surface area contributed by atoms with Gasteiger partial charge in [0.05, 0.1) is 6.54 Å². The first-order valence-electron chi connectivity index (χ1n) is 6.88. The van der Waals surface area contributed by atoms with Crippen LogP contribution in [0, 0.1) is 5.92 Å². The van der Waals surface area contributed by atoms with Gasteiger partial charge in [-0.05, 0) is 23.6 Å². The first-order valence-corrected chi connectivity index (χ1v) is 6.88. The van der Waals surface area contributed by atoms with Crippen molar-refractivity contribution in [1.82, 2.24) is 5.32 Å². The average molecular weight is 290 g/mol. The Morgan fingerprint density at radius 3 is 2.62 bits per heavy atom. The molecule has 0 aliphatic carbocycles. The molecule has 0 saturated carbocycles. The first kappa shape index (κ1) is 16.8. The van der Waals surface area contributed by atoms with E-state index < -0.39 is 5.97 Å². The lowest BCUT2D eigenvalue weighted by Gasteiger charge is -2.21. The number of carbonyl (C=O) groups is 2. The summed E-state index contributed by atoms with van der Waals surface area (Å²) in [5.74, 6) is -0.643. The quantitative estimate of drug-likeness (QED) is 0.754. The standard InChI is InChI=1S/C16H22N2O3/c1-12(2)10-17-15(19)11-18(3)14-7-5-4-6-13(14)8-9-16(20)21/h4-9,12H,10-11H2,1-3H3,(H,17,19)(H,20,21)/b9-8+. The fourth-order valence-corrected chi connectivity index (χ4v) is 1.81. The van der Waals surface area contributed by atoms with Crippen LogP contribution in [0.4, 0.5) is 5.69 Å². The number of rotatable bonds is 7. The van der Waals surface area contributed by atoms with Crippen LogP contribution in [0.2, 0.25) is 0 Å². The summed E-state index contributed by atoms with van der Waals surface area (Å²) in [7, 11) is 1.81. The molecule has 0 radical (unpaired) electrons. The van der Waals surface area contributed by atoms with Crippen LogP contribution in [-0.2, 0) is 9.59 Å². The maximum atomic E-state index is 11.8. The summed E-state index contributed by atoms with van der Waals surface area (Å²) in [6.07, 6.45) is 2.62. The van der Waals surface area contributed by atoms with Crippen LogP contribution in [0.3, 0.4) is 0 Å². The molecule has 0 saturated heterocycles. The van der Waals surface area contributed by atoms with Crippen molar-refractivity contribution in [2.75, 3.05) is 25.0 Å². The molecule has 0 unspecified atom stereocenters. The predicted molar refractivity (Wildman–Crippen MR) is 84.2 cm³/mol. The second kappa shape index (κ2) is 8.09. The Hall–Kier alpha value is -2.30. The third-order valence-corrected chi connectivity index (χ3v) is 2.84. The summed E-state index contributed by atoms with van der Waals surface area (Å²) in [5.41, 5.74) is 1.58. The molecule has 0 fully saturated rings. The minimum atomic E-state index is -0.998. The number of likely N-dealkylation sites (N-methyl/N-ethyl adjacent to an activating group) is 1. The van der Waals surface area contributed by atoms with Gasteiger partial charge < -0.3 is 15.3 Å². The maximum Gasteiger partial charge on any atom is 0.328 e. The number of amides is 1. The Morgan fingerprint density at radius 2 is 2.00 bits per heavy atom. The van der Waals surface area contributed by atoms with Crippen LogP contribution >= 0.6 is 0 Å². The average Bonchev–Trinajstić information content (AvgIpc) is 2.43. The van der Waals surface area contributed by atoms with E-state index in [0.29, 0.717) is 12.5 Å². The Labute approximate surface area is 125 Å². The highest BCUT2D eigenvalue weighted by atomic mass is 16.4. The van der Waals surface area contributed by atoms with Crippen molar-refractivity contribution < 1.29 is 14.7 Å². The molecule has 2 N–H and O–H groups in total. The molecule has 0 spiro atoms. The zero-order valence-corrected chi connectivity index (χ0v) is 12.7. The molecule has 21 heavy (non-hydrogen) atoms. The van der Waals surface area contributed by atoms with Crippen molar-refractivity contribution in [2.24, 2.45) is 5.92 Å². The smallest absolute Gasteiger partial charge is 0.328 e. The summed E-state index contributed by atoms with van der Waals surface area (Å²) in [5, 5.41) is 11.6. The van der Waals surface area contributed by atoms with Gasteiger partial charge in [0.2, 0.25) is 5.91 Å². The van der Waals surface area contributed by atoms with Gasteiger partial charge in [-0.2, -0.15) is 0 Å². The van der Waals surface area contributed by atoms with Crippen molar-refractivity contribution >= 4 is 23.6 Å². The van der Waals surface area contributed by atoms with E-state index >= 15 is 0 Å². The lowest BCUT2D eigenvalue weighted by Crippen LogP contribution is -2.37. The number of hydrogen-bond acceptors (Lipinski definition) is 3. The molecule has 0 aromatic heterocycles. The lowest BCUT2D eigenvalue weighted by atomic mass is 10.1. The van der Waals surface area contributed by atoms with Crippen LogP contribution < -0.4 is 10.2 Å². The number of nitrogens with one attached hydrogen (secondary N) is 1. The molecule has 0 atom stereocenters. The van der Waals surface area contributed by atoms with Crippen LogP contribution in [0.1, 0.15) is 19.4 Å². The normalized spacial score (nSPS) is 10.9. The highest BCUT2D eigenvalue weighted by Gasteiger charge is 2.10. The van der Waals surface area contributed by atoms with Crippen LogP contribution in [0.25, 0.3) is 6.08 Å². The third kappa shape index (κ3) is 6.12. The SMILES string of the molecule is CC(C)CNC(=O)CN(C)c1ccccc1/C=C/C(=O)O. The molecule has 1 aromatic carbocycles. The number of anilines is 1. The monoisotopic (exact) mass is 290 g/mol. The molecule has 114 valence electrons. The van der Waals surface area contributed by atoms with Crippen LogP contribution in [0.15, 0.2) is 30.3 Å². The molecular formula is C16H22N2O3. The summed E-state index contributed by atoms with van der Waals surface area (Å²) >= 11 is 0. The van der Waals surface area contributed by atoms with Crippen molar-refractivity contribution in [2.45, 2.75) is 13.8 Å². The van der Waals surface area contributed by atoms with Crippen molar-refractivity contribution in [1.29, 1.82) is 0 Å². The largest absolute Gasteiger partial charge is 0.478 e. The molecule has 5 heteroatoms. The van der Waals surface area contributed by atoms with E-state index in [-0.39, 0.29) is 12.5 Å². The van der Waals surface area contributed by atoms with Gasteiger partial charge in [0.15, 0.2) is 0 Å². The molecule has 0 aliphatic heterocycles. The summed E-state index contributed by atoms with van der Waals surface area (Å²) in [4.78, 5) is 24.3. The Kier molecular flexibility index (Phi) is 6.46. The summed E-state index contributed by atoms with van der Waals surface area (Å²) < 4.78 is 0. The highest BCUT2D eigenvalue weighted by molar-refractivity contribution is 5.88. The third-order valence-electron chi connectivity index (χ3n) is 2.84. The van der Waals surface area contributed by atoms with Gasteiger partial charge in [-0.1, -0.05) is 32.0 Å². The number of para-hydroxylation sites is 1. The van der Waals surface area contributed by atoms with Crippen molar-refractivity contribution in [3.05, 3.63) is 35.9 Å². The van der Waals surface area contributed by atoms with E-state index in [1.165, 1.54) is 6.08 Å². The van der Waals surface area contributed by atoms with Crippen LogP contribution in [0.5, 0.6) is 0 Å². The molecule has 0 heterocycles. The van der Waals surface area contributed by atoms with Gasteiger partial charge in [-0.3, -0.25) is 4.79 Å². The number of nitrogens with zero attached hydrogens (tertiary/aromatic N) is 1. The zero-order chi connectivity index (χ0) is 15.8. The minimum absolute atomic E-state index is 0.0526. The van der Waals surface area contributed by atoms with E-state index in [9.17, 15) is 9.59 Å². The minimum Gasteiger partial charge on any atom is -0.478 e. The lowest BCUT2D eigenvalue weighted by molar-refractivity contribution is -0.131. The second-order valence-electron chi connectivity index (χ2n) is 5.28. The van der Waals surface area contributed by atoms with Gasteiger partial charge >= 0.3 is 5.97 Å². The molecule has 0 aliphatic rings. The number of hydrogen-bond donors (Lipinski definition) is 2. The highest BCUT2D eigenvalue weighted by Crippen LogP contribution is 2.20. The van der Waals surface area contributed by atoms with Gasteiger partial charge in [-0.15, -0.1) is 0 Å². The van der Waals surface area contributed by atoms with Crippen LogP contribution in [-0.4, -0.2) is 37.1 Å². The zero-order valence-electron chi connectivity index (χ0n) is 12.7. The summed E-state index contributed by atoms with van der Waals surface area (Å²) in [6, 6.07) is 7.36. The number of aliphatic carboxylic acids is 1. The van der Waals surface area contributed by atoms with E-state index in [1.54, 1.807) is 4.90 Å². The van der Waals surface area contributed by atoms with E-state index in [4.69, 9.17) is 5.11 Å². The number of carboxylic acids is 1. The van der Waals surface area contributed by atoms with Gasteiger partial charge in [0, 0.05) is 25.4 Å². The number of benzene rings is 1. The van der Waals surface area contributed by atoms with E-state index in [0.717, 1.165) is 17.3 Å². The molecule has 5 nitrogen and oxygen atoms in total. The Morgan fingerprint density at radius 1 is 1.33 bits per heavy atom. The topological polar surface area (TPSA) is 69.6 Å². The Bertz CT molecular complexity index is 524. The Balaban J connectivity index is 2.75. The molecule has 1 amide bonds. The van der Waals surface area contributed by atoms with Gasteiger partial charge in [0.1, 0.15) is 0 Å². The maximum absolute atomic E-state index is 11.8. The molecule has 1 rings (SSSR count).